The van der Waals surface area contributed by atoms with Crippen molar-refractivity contribution >= 4 is 6.29 Å². The summed E-state index contributed by atoms with van der Waals surface area (Å²) in [4.78, 5) is 10.5. The molecule has 2 nitrogen and oxygen atoms in total. The van der Waals surface area contributed by atoms with Crippen LogP contribution in [0.15, 0.2) is 47.5 Å². The lowest BCUT2D eigenvalue weighted by Gasteiger charge is -2.16. The Labute approximate surface area is 96.0 Å². The molecule has 0 N–H and O–H groups in total. The Morgan fingerprint density at radius 2 is 2.25 bits per heavy atom. The lowest BCUT2D eigenvalue weighted by molar-refractivity contribution is -0.105. The summed E-state index contributed by atoms with van der Waals surface area (Å²) in [7, 11) is 0. The van der Waals surface area contributed by atoms with Gasteiger partial charge in [-0.2, -0.15) is 0 Å². The number of hydrogen-bond acceptors (Lipinski definition) is 2. The minimum Gasteiger partial charge on any atom is -0.462 e. The normalized spacial score (nSPS) is 24.3. The molecule has 0 fully saturated rings. The van der Waals surface area contributed by atoms with Crippen LogP contribution in [0.2, 0.25) is 0 Å². The fourth-order valence-corrected chi connectivity index (χ4v) is 1.75. The summed E-state index contributed by atoms with van der Waals surface area (Å²) in [6.45, 7) is 2.18. The van der Waals surface area contributed by atoms with E-state index in [0.29, 0.717) is 5.92 Å². The highest BCUT2D eigenvalue weighted by molar-refractivity contribution is 5.74. The first-order valence-corrected chi connectivity index (χ1v) is 5.69. The second-order valence-corrected chi connectivity index (χ2v) is 4.27. The van der Waals surface area contributed by atoms with Gasteiger partial charge in [-0.1, -0.05) is 19.1 Å². The number of carbonyl (C=O) groups is 1. The van der Waals surface area contributed by atoms with Crippen molar-refractivity contribution < 1.29 is 9.53 Å². The van der Waals surface area contributed by atoms with E-state index in [9.17, 15) is 4.79 Å². The molecule has 2 rings (SSSR count). The van der Waals surface area contributed by atoms with Crippen LogP contribution in [0.3, 0.4) is 0 Å². The molecule has 16 heavy (non-hydrogen) atoms. The molecule has 1 atom stereocenters. The van der Waals surface area contributed by atoms with Crippen molar-refractivity contribution in [2.45, 2.75) is 26.2 Å². The SMILES string of the molecule is CC1C=CC(OC2=CC=C(C=O)CC2)=CC1. The average molecular weight is 216 g/mol. The highest BCUT2D eigenvalue weighted by Crippen LogP contribution is 2.23. The molecule has 0 spiro atoms. The number of rotatable bonds is 3. The topological polar surface area (TPSA) is 26.3 Å². The van der Waals surface area contributed by atoms with Gasteiger partial charge in [0.1, 0.15) is 17.8 Å². The molecular weight excluding hydrogens is 200 g/mol. The van der Waals surface area contributed by atoms with Crippen molar-refractivity contribution in [3.8, 4) is 0 Å². The van der Waals surface area contributed by atoms with E-state index in [1.807, 2.05) is 18.2 Å². The molecule has 1 unspecified atom stereocenters. The predicted octanol–water partition coefficient (Wildman–Crippen LogP) is 3.29. The third-order valence-electron chi connectivity index (χ3n) is 2.82. The lowest BCUT2D eigenvalue weighted by atomic mass is 10.0. The Morgan fingerprint density at radius 1 is 1.38 bits per heavy atom. The first-order chi connectivity index (χ1) is 7.78. The second kappa shape index (κ2) is 4.97. The zero-order chi connectivity index (χ0) is 11.4. The first-order valence-electron chi connectivity index (χ1n) is 5.69. The van der Waals surface area contributed by atoms with Crippen molar-refractivity contribution in [2.24, 2.45) is 5.92 Å². The molecule has 0 aromatic rings. The van der Waals surface area contributed by atoms with E-state index in [-0.39, 0.29) is 0 Å². The Bertz CT molecular complexity index is 397. The van der Waals surface area contributed by atoms with Gasteiger partial charge < -0.3 is 4.74 Å². The van der Waals surface area contributed by atoms with Gasteiger partial charge in [0, 0.05) is 6.42 Å². The summed E-state index contributed by atoms with van der Waals surface area (Å²) in [6.07, 6.45) is 13.6. The summed E-state index contributed by atoms with van der Waals surface area (Å²) in [6, 6.07) is 0. The third-order valence-corrected chi connectivity index (χ3v) is 2.82. The van der Waals surface area contributed by atoms with Crippen LogP contribution in [0.4, 0.5) is 0 Å². The summed E-state index contributed by atoms with van der Waals surface area (Å²) < 4.78 is 5.75. The minimum atomic E-state index is 0.606. The van der Waals surface area contributed by atoms with Gasteiger partial charge in [-0.05, 0) is 42.6 Å². The number of ether oxygens (including phenoxy) is 1. The van der Waals surface area contributed by atoms with Gasteiger partial charge in [-0.15, -0.1) is 0 Å². The van der Waals surface area contributed by atoms with E-state index < -0.39 is 0 Å². The molecule has 0 bridgehead atoms. The van der Waals surface area contributed by atoms with E-state index in [0.717, 1.165) is 42.6 Å². The summed E-state index contributed by atoms with van der Waals surface area (Å²) in [5.74, 6) is 2.47. The molecule has 2 aliphatic rings. The van der Waals surface area contributed by atoms with E-state index in [2.05, 4.69) is 19.1 Å². The minimum absolute atomic E-state index is 0.606. The molecule has 0 amide bonds. The Kier molecular flexibility index (Phi) is 3.40. The van der Waals surface area contributed by atoms with Gasteiger partial charge in [0.2, 0.25) is 0 Å². The van der Waals surface area contributed by atoms with Crippen LogP contribution in [0, 0.1) is 5.92 Å². The van der Waals surface area contributed by atoms with Crippen molar-refractivity contribution in [2.75, 3.05) is 0 Å². The number of allylic oxidation sites excluding steroid dienone is 7. The standard InChI is InChI=1S/C14H16O2/c1-11-2-6-13(7-3-11)16-14-8-4-12(10-15)5-9-14/h2,4,6-8,10-11H,3,5,9H2,1H3. The Balaban J connectivity index is 1.97. The largest absolute Gasteiger partial charge is 0.462 e. The molecule has 84 valence electrons. The summed E-state index contributed by atoms with van der Waals surface area (Å²) in [5, 5.41) is 0. The predicted molar refractivity (Wildman–Crippen MR) is 63.6 cm³/mol. The average Bonchev–Trinajstić information content (AvgIpc) is 2.33. The quantitative estimate of drug-likeness (QED) is 0.677. The zero-order valence-electron chi connectivity index (χ0n) is 9.48. The van der Waals surface area contributed by atoms with Crippen LogP contribution < -0.4 is 0 Å². The maximum Gasteiger partial charge on any atom is 0.146 e. The van der Waals surface area contributed by atoms with Crippen LogP contribution in [-0.4, -0.2) is 6.29 Å². The van der Waals surface area contributed by atoms with Crippen molar-refractivity contribution in [1.29, 1.82) is 0 Å². The molecule has 0 aromatic carbocycles. The van der Waals surface area contributed by atoms with Gasteiger partial charge in [0.25, 0.3) is 0 Å². The first kappa shape index (κ1) is 10.9. The monoisotopic (exact) mass is 216 g/mol. The Morgan fingerprint density at radius 3 is 2.81 bits per heavy atom. The molecule has 0 aliphatic heterocycles. The van der Waals surface area contributed by atoms with E-state index in [4.69, 9.17) is 4.74 Å². The highest BCUT2D eigenvalue weighted by atomic mass is 16.5. The molecule has 2 heteroatoms. The number of carbonyl (C=O) groups excluding carboxylic acids is 1. The van der Waals surface area contributed by atoms with Gasteiger partial charge in [0.15, 0.2) is 0 Å². The number of aldehydes is 1. The van der Waals surface area contributed by atoms with Crippen molar-refractivity contribution in [3.63, 3.8) is 0 Å². The maximum atomic E-state index is 10.5. The van der Waals surface area contributed by atoms with Crippen LogP contribution in [-0.2, 0) is 9.53 Å². The molecule has 0 saturated carbocycles. The fraction of sp³-hybridized carbons (Fsp3) is 0.357. The van der Waals surface area contributed by atoms with Crippen LogP contribution in [0.1, 0.15) is 26.2 Å². The van der Waals surface area contributed by atoms with E-state index in [1.165, 1.54) is 0 Å². The van der Waals surface area contributed by atoms with Crippen LogP contribution in [0.5, 0.6) is 0 Å². The fourth-order valence-electron chi connectivity index (χ4n) is 1.75. The lowest BCUT2D eigenvalue weighted by Crippen LogP contribution is -2.01. The molecule has 0 heterocycles. The van der Waals surface area contributed by atoms with Gasteiger partial charge >= 0.3 is 0 Å². The second-order valence-electron chi connectivity index (χ2n) is 4.27. The molecular formula is C14H16O2. The molecule has 0 radical (unpaired) electrons. The molecule has 0 saturated heterocycles. The van der Waals surface area contributed by atoms with E-state index >= 15 is 0 Å². The smallest absolute Gasteiger partial charge is 0.146 e. The van der Waals surface area contributed by atoms with Crippen LogP contribution >= 0.6 is 0 Å². The van der Waals surface area contributed by atoms with Crippen molar-refractivity contribution in [3.05, 3.63) is 47.5 Å². The Hall–Kier alpha value is -1.57. The highest BCUT2D eigenvalue weighted by Gasteiger charge is 2.10. The zero-order valence-corrected chi connectivity index (χ0v) is 9.48. The summed E-state index contributed by atoms with van der Waals surface area (Å²) >= 11 is 0. The van der Waals surface area contributed by atoms with Crippen LogP contribution in [0.25, 0.3) is 0 Å². The van der Waals surface area contributed by atoms with Crippen molar-refractivity contribution in [1.82, 2.24) is 0 Å². The number of hydrogen-bond donors (Lipinski definition) is 0. The van der Waals surface area contributed by atoms with Gasteiger partial charge in [-0.3, -0.25) is 4.79 Å². The maximum absolute atomic E-state index is 10.5. The van der Waals surface area contributed by atoms with Gasteiger partial charge in [-0.25, -0.2) is 0 Å². The molecule has 2 aliphatic carbocycles. The summed E-state index contributed by atoms with van der Waals surface area (Å²) in [5.41, 5.74) is 0.842. The third kappa shape index (κ3) is 2.72. The molecule has 0 aromatic heterocycles. The van der Waals surface area contributed by atoms with Gasteiger partial charge in [0.05, 0.1) is 0 Å². The van der Waals surface area contributed by atoms with E-state index in [1.54, 1.807) is 0 Å².